The first kappa shape index (κ1) is 24.6. The van der Waals surface area contributed by atoms with Gasteiger partial charge in [-0.1, -0.05) is 44.2 Å². The van der Waals surface area contributed by atoms with Gasteiger partial charge in [0.1, 0.15) is 0 Å². The third-order valence-electron chi connectivity index (χ3n) is 8.31. The van der Waals surface area contributed by atoms with Crippen LogP contribution in [-0.4, -0.2) is 31.4 Å². The van der Waals surface area contributed by atoms with Gasteiger partial charge in [-0.2, -0.15) is 0 Å². The molecule has 3 aromatic rings. The van der Waals surface area contributed by atoms with E-state index in [1.807, 2.05) is 61.5 Å². The molecule has 0 N–H and O–H groups in total. The molecule has 1 unspecified atom stereocenters. The van der Waals surface area contributed by atoms with Gasteiger partial charge in [0.05, 0.1) is 28.3 Å². The zero-order valence-electron chi connectivity index (χ0n) is 22.2. The number of fused-ring (bicyclic) bond motifs is 1. The number of imide groups is 1. The Labute approximate surface area is 227 Å². The van der Waals surface area contributed by atoms with E-state index < -0.39 is 5.41 Å². The minimum absolute atomic E-state index is 0.169. The Bertz CT molecular complexity index is 1600. The summed E-state index contributed by atoms with van der Waals surface area (Å²) in [5.74, 6) is -0.357. The number of benzene rings is 1. The van der Waals surface area contributed by atoms with E-state index in [-0.39, 0.29) is 23.1 Å². The second kappa shape index (κ2) is 8.63. The summed E-state index contributed by atoms with van der Waals surface area (Å²) in [5.41, 5.74) is 7.47. The molecule has 6 rings (SSSR count). The lowest BCUT2D eigenvalue weighted by Crippen LogP contribution is -2.45. The van der Waals surface area contributed by atoms with Gasteiger partial charge in [-0.3, -0.25) is 24.5 Å². The molecule has 0 saturated heterocycles. The third kappa shape index (κ3) is 3.54. The van der Waals surface area contributed by atoms with Crippen LogP contribution in [0.1, 0.15) is 40.2 Å². The predicted molar refractivity (Wildman–Crippen MR) is 152 cm³/mol. The van der Waals surface area contributed by atoms with Crippen molar-refractivity contribution in [2.45, 2.75) is 45.9 Å². The van der Waals surface area contributed by atoms with Crippen LogP contribution in [0.5, 0.6) is 0 Å². The van der Waals surface area contributed by atoms with E-state index in [9.17, 15) is 9.59 Å². The normalized spacial score (nSPS) is 22.1. The second-order valence-corrected chi connectivity index (χ2v) is 12.5. The van der Waals surface area contributed by atoms with Crippen LogP contribution in [0.2, 0.25) is 0 Å². The molecular formula is C32H29N3O2S. The standard InChI is InChI=1S/C32H29N3O2S/c1-19-16-24-20(2)27-28(31(3,4)32(24,5)38-19)30(37)35(29(27)36)18-21-9-11-22(12-10-21)23-13-15-34-26(17-23)25-8-6-7-14-33-25/h6-17H,18H2,1-5H3. The van der Waals surface area contributed by atoms with Gasteiger partial charge in [0.15, 0.2) is 0 Å². The summed E-state index contributed by atoms with van der Waals surface area (Å²) < 4.78 is -0.272. The molecule has 0 bridgehead atoms. The summed E-state index contributed by atoms with van der Waals surface area (Å²) in [6.07, 6.45) is 5.73. The van der Waals surface area contributed by atoms with E-state index in [4.69, 9.17) is 0 Å². The van der Waals surface area contributed by atoms with Gasteiger partial charge < -0.3 is 0 Å². The molecule has 0 saturated carbocycles. The number of allylic oxidation sites excluding steroid dienone is 2. The van der Waals surface area contributed by atoms with Gasteiger partial charge in [0, 0.05) is 23.4 Å². The van der Waals surface area contributed by atoms with E-state index in [1.54, 1.807) is 24.2 Å². The molecule has 6 heteroatoms. The molecule has 3 aliphatic rings. The highest BCUT2D eigenvalue weighted by Crippen LogP contribution is 2.63. The lowest BCUT2D eigenvalue weighted by molar-refractivity contribution is -0.138. The summed E-state index contributed by atoms with van der Waals surface area (Å²) in [5, 5.41) is 0. The summed E-state index contributed by atoms with van der Waals surface area (Å²) in [7, 11) is 0. The smallest absolute Gasteiger partial charge is 0.261 e. The fraction of sp³-hybridized carbons (Fsp3) is 0.250. The van der Waals surface area contributed by atoms with Crippen LogP contribution in [0, 0.1) is 5.41 Å². The Morgan fingerprint density at radius 1 is 0.842 bits per heavy atom. The fourth-order valence-electron chi connectivity index (χ4n) is 5.95. The van der Waals surface area contributed by atoms with Gasteiger partial charge in [0.25, 0.3) is 11.8 Å². The molecular weight excluding hydrogens is 490 g/mol. The first-order valence-corrected chi connectivity index (χ1v) is 13.6. The minimum atomic E-state index is -0.478. The van der Waals surface area contributed by atoms with E-state index in [0.29, 0.717) is 11.1 Å². The van der Waals surface area contributed by atoms with Crippen LogP contribution >= 0.6 is 11.8 Å². The molecule has 5 nitrogen and oxygen atoms in total. The Morgan fingerprint density at radius 3 is 2.29 bits per heavy atom. The predicted octanol–water partition coefficient (Wildman–Crippen LogP) is 6.74. The van der Waals surface area contributed by atoms with Crippen molar-refractivity contribution in [3.05, 3.63) is 106 Å². The van der Waals surface area contributed by atoms with Crippen molar-refractivity contribution in [3.8, 4) is 22.5 Å². The molecule has 1 aromatic carbocycles. The van der Waals surface area contributed by atoms with Crippen molar-refractivity contribution in [2.75, 3.05) is 0 Å². The Kier molecular flexibility index (Phi) is 5.58. The Morgan fingerprint density at radius 2 is 1.58 bits per heavy atom. The first-order chi connectivity index (χ1) is 18.1. The monoisotopic (exact) mass is 519 g/mol. The molecule has 0 radical (unpaired) electrons. The number of carbonyl (C=O) groups is 2. The van der Waals surface area contributed by atoms with E-state index in [0.717, 1.165) is 33.7 Å². The maximum atomic E-state index is 13.8. The number of nitrogens with zero attached hydrogens (tertiary/aromatic N) is 3. The Hall–Kier alpha value is -3.77. The van der Waals surface area contributed by atoms with Crippen molar-refractivity contribution in [1.82, 2.24) is 14.9 Å². The van der Waals surface area contributed by atoms with Crippen LogP contribution in [0.15, 0.2) is 100 Å². The van der Waals surface area contributed by atoms with Gasteiger partial charge >= 0.3 is 0 Å². The lowest BCUT2D eigenvalue weighted by Gasteiger charge is -2.46. The number of rotatable bonds is 4. The maximum Gasteiger partial charge on any atom is 0.261 e. The van der Waals surface area contributed by atoms with Crippen LogP contribution in [0.3, 0.4) is 0 Å². The third-order valence-corrected chi connectivity index (χ3v) is 9.88. The van der Waals surface area contributed by atoms with Crippen molar-refractivity contribution < 1.29 is 9.59 Å². The molecule has 1 aliphatic carbocycles. The summed E-state index contributed by atoms with van der Waals surface area (Å²) >= 11 is 1.80. The number of pyridine rings is 2. The molecule has 0 spiro atoms. The minimum Gasteiger partial charge on any atom is -0.270 e. The number of amides is 2. The topological polar surface area (TPSA) is 63.2 Å². The summed E-state index contributed by atoms with van der Waals surface area (Å²) in [6, 6.07) is 17.8. The second-order valence-electron chi connectivity index (χ2n) is 10.8. The van der Waals surface area contributed by atoms with Gasteiger partial charge in [-0.05, 0) is 83.9 Å². The fourth-order valence-corrected chi connectivity index (χ4v) is 7.45. The molecule has 190 valence electrons. The van der Waals surface area contributed by atoms with Crippen LogP contribution in [0.25, 0.3) is 22.5 Å². The Balaban J connectivity index is 1.27. The van der Waals surface area contributed by atoms with E-state index in [1.165, 1.54) is 15.4 Å². The average molecular weight is 520 g/mol. The van der Waals surface area contributed by atoms with Crippen molar-refractivity contribution in [1.29, 1.82) is 0 Å². The highest BCUT2D eigenvalue weighted by molar-refractivity contribution is 8.04. The average Bonchev–Trinajstić information content (AvgIpc) is 3.38. The van der Waals surface area contributed by atoms with Crippen LogP contribution < -0.4 is 0 Å². The van der Waals surface area contributed by atoms with Crippen molar-refractivity contribution >= 4 is 23.6 Å². The van der Waals surface area contributed by atoms with Crippen LogP contribution in [-0.2, 0) is 16.1 Å². The summed E-state index contributed by atoms with van der Waals surface area (Å²) in [4.78, 5) is 38.9. The number of hydrogen-bond acceptors (Lipinski definition) is 5. The van der Waals surface area contributed by atoms with Crippen LogP contribution in [0.4, 0.5) is 0 Å². The largest absolute Gasteiger partial charge is 0.270 e. The number of hydrogen-bond donors (Lipinski definition) is 0. The van der Waals surface area contributed by atoms with E-state index in [2.05, 4.69) is 43.7 Å². The van der Waals surface area contributed by atoms with E-state index >= 15 is 0 Å². The highest BCUT2D eigenvalue weighted by atomic mass is 32.2. The maximum absolute atomic E-state index is 13.8. The lowest BCUT2D eigenvalue weighted by atomic mass is 9.63. The number of carbonyl (C=O) groups excluding carboxylic acids is 2. The molecule has 4 heterocycles. The van der Waals surface area contributed by atoms with Gasteiger partial charge in [-0.15, -0.1) is 11.8 Å². The SMILES string of the molecule is CC1=CC2=C(C)C3=C(C(=O)N(Cc4ccc(-c5ccnc(-c6ccccn6)c5)cc4)C3=O)C(C)(C)C2(C)S1. The number of thioether (sulfide) groups is 1. The molecule has 2 amide bonds. The zero-order valence-corrected chi connectivity index (χ0v) is 23.0. The van der Waals surface area contributed by atoms with Crippen molar-refractivity contribution in [2.24, 2.45) is 5.41 Å². The number of aromatic nitrogens is 2. The van der Waals surface area contributed by atoms with Gasteiger partial charge in [-0.25, -0.2) is 0 Å². The summed E-state index contributed by atoms with van der Waals surface area (Å²) in [6.45, 7) is 10.7. The van der Waals surface area contributed by atoms with Gasteiger partial charge in [0.2, 0.25) is 0 Å². The molecule has 38 heavy (non-hydrogen) atoms. The first-order valence-electron chi connectivity index (χ1n) is 12.8. The molecule has 2 aliphatic heterocycles. The molecule has 1 atom stereocenters. The highest BCUT2D eigenvalue weighted by Gasteiger charge is 2.59. The molecule has 0 fully saturated rings. The quantitative estimate of drug-likeness (QED) is 0.357. The molecule has 2 aromatic heterocycles. The zero-order chi connectivity index (χ0) is 26.8. The van der Waals surface area contributed by atoms with Crippen molar-refractivity contribution in [3.63, 3.8) is 0 Å².